The van der Waals surface area contributed by atoms with Crippen LogP contribution < -0.4 is 5.56 Å². The minimum atomic E-state index is -0.224. The van der Waals surface area contributed by atoms with Gasteiger partial charge in [-0.05, 0) is 25.3 Å². The van der Waals surface area contributed by atoms with E-state index in [4.69, 9.17) is 0 Å². The van der Waals surface area contributed by atoms with Gasteiger partial charge in [0.1, 0.15) is 5.69 Å². The molecule has 1 fully saturated rings. The number of rotatable bonds is 4. The van der Waals surface area contributed by atoms with Gasteiger partial charge in [-0.3, -0.25) is 9.59 Å². The molecule has 1 aliphatic carbocycles. The number of carbonyl (C=O) groups is 1. The summed E-state index contributed by atoms with van der Waals surface area (Å²) in [6.07, 6.45) is 3.12. The van der Waals surface area contributed by atoms with Crippen molar-refractivity contribution < 1.29 is 4.79 Å². The van der Waals surface area contributed by atoms with Crippen LogP contribution in [-0.4, -0.2) is 28.4 Å². The first-order valence-corrected chi connectivity index (χ1v) is 5.72. The van der Waals surface area contributed by atoms with Crippen molar-refractivity contribution in [3.63, 3.8) is 0 Å². The molecule has 4 heteroatoms. The van der Waals surface area contributed by atoms with Gasteiger partial charge in [0.25, 0.3) is 5.91 Å². The smallest absolute Gasteiger partial charge is 0.270 e. The Hall–Kier alpha value is -1.58. The molecule has 2 rings (SSSR count). The van der Waals surface area contributed by atoms with E-state index >= 15 is 0 Å². The van der Waals surface area contributed by atoms with E-state index in [9.17, 15) is 9.59 Å². The lowest BCUT2D eigenvalue weighted by Gasteiger charge is -2.21. The number of aromatic nitrogens is 1. The molecule has 0 bridgehead atoms. The highest BCUT2D eigenvalue weighted by molar-refractivity contribution is 5.92. The fourth-order valence-electron chi connectivity index (χ4n) is 1.80. The zero-order valence-electron chi connectivity index (χ0n) is 9.40. The van der Waals surface area contributed by atoms with Gasteiger partial charge in [-0.25, -0.2) is 0 Å². The number of amides is 1. The molecule has 0 aromatic carbocycles. The molecule has 1 aromatic heterocycles. The number of hydrogen-bond acceptors (Lipinski definition) is 2. The average molecular weight is 220 g/mol. The summed E-state index contributed by atoms with van der Waals surface area (Å²) in [5.41, 5.74) is 0.172. The lowest BCUT2D eigenvalue weighted by atomic mass is 10.3. The second-order valence-electron chi connectivity index (χ2n) is 4.16. The number of nitrogens with one attached hydrogen (secondary N) is 1. The predicted octanol–water partition coefficient (Wildman–Crippen LogP) is 1.39. The van der Waals surface area contributed by atoms with Crippen molar-refractivity contribution in [2.45, 2.75) is 32.2 Å². The summed E-state index contributed by atoms with van der Waals surface area (Å²) in [6, 6.07) is 5.08. The van der Waals surface area contributed by atoms with Crippen LogP contribution in [0.2, 0.25) is 0 Å². The van der Waals surface area contributed by atoms with Gasteiger partial charge in [0, 0.05) is 18.7 Å². The van der Waals surface area contributed by atoms with Gasteiger partial charge >= 0.3 is 0 Å². The van der Waals surface area contributed by atoms with Gasteiger partial charge in [0.15, 0.2) is 0 Å². The fraction of sp³-hybridized carbons (Fsp3) is 0.500. The number of carbonyl (C=O) groups excluding carboxylic acids is 1. The number of nitrogens with zero attached hydrogens (tertiary/aromatic N) is 1. The topological polar surface area (TPSA) is 53.2 Å². The minimum absolute atomic E-state index is 0.0537. The summed E-state index contributed by atoms with van der Waals surface area (Å²) in [5.74, 6) is -0.0537. The Labute approximate surface area is 94.3 Å². The van der Waals surface area contributed by atoms with Crippen LogP contribution >= 0.6 is 0 Å². The summed E-state index contributed by atoms with van der Waals surface area (Å²) in [4.78, 5) is 27.7. The molecule has 1 amide bonds. The second-order valence-corrected chi connectivity index (χ2v) is 4.16. The van der Waals surface area contributed by atoms with Crippen molar-refractivity contribution in [3.8, 4) is 0 Å². The van der Waals surface area contributed by atoms with Crippen LogP contribution in [0.1, 0.15) is 36.7 Å². The van der Waals surface area contributed by atoms with E-state index in [2.05, 4.69) is 11.9 Å². The number of hydrogen-bond donors (Lipinski definition) is 1. The summed E-state index contributed by atoms with van der Waals surface area (Å²) in [5, 5.41) is 0. The highest BCUT2D eigenvalue weighted by Crippen LogP contribution is 2.27. The Balaban J connectivity index is 2.18. The van der Waals surface area contributed by atoms with Gasteiger partial charge in [-0.1, -0.05) is 13.0 Å². The van der Waals surface area contributed by atoms with Crippen molar-refractivity contribution in [1.82, 2.24) is 9.88 Å². The van der Waals surface area contributed by atoms with Crippen molar-refractivity contribution in [1.29, 1.82) is 0 Å². The Morgan fingerprint density at radius 1 is 1.50 bits per heavy atom. The van der Waals surface area contributed by atoms with Gasteiger partial charge in [0.05, 0.1) is 0 Å². The molecule has 0 spiro atoms. The standard InChI is InChI=1S/C12H16N2O2/c1-2-8-14(9-6-7-9)12(16)10-4-3-5-11(15)13-10/h3-5,9H,2,6-8H2,1H3,(H,13,15). The highest BCUT2D eigenvalue weighted by atomic mass is 16.2. The molecule has 0 aliphatic heterocycles. The third-order valence-electron chi connectivity index (χ3n) is 2.71. The molecule has 0 saturated heterocycles. The molecular formula is C12H16N2O2. The van der Waals surface area contributed by atoms with E-state index < -0.39 is 0 Å². The minimum Gasteiger partial charge on any atom is -0.334 e. The molecular weight excluding hydrogens is 204 g/mol. The second kappa shape index (κ2) is 4.51. The average Bonchev–Trinajstić information content (AvgIpc) is 3.09. The molecule has 1 aromatic rings. The first-order chi connectivity index (χ1) is 7.72. The Morgan fingerprint density at radius 2 is 2.25 bits per heavy atom. The van der Waals surface area contributed by atoms with Crippen LogP contribution in [0.5, 0.6) is 0 Å². The van der Waals surface area contributed by atoms with Crippen molar-refractivity contribution in [3.05, 3.63) is 34.2 Å². The normalized spacial score (nSPS) is 14.8. The Morgan fingerprint density at radius 3 is 2.81 bits per heavy atom. The highest BCUT2D eigenvalue weighted by Gasteiger charge is 2.32. The molecule has 0 atom stereocenters. The predicted molar refractivity (Wildman–Crippen MR) is 61.4 cm³/mol. The maximum Gasteiger partial charge on any atom is 0.270 e. The van der Waals surface area contributed by atoms with Crippen molar-refractivity contribution >= 4 is 5.91 Å². The summed E-state index contributed by atoms with van der Waals surface area (Å²) in [7, 11) is 0. The Bertz CT molecular complexity index is 435. The van der Waals surface area contributed by atoms with Crippen LogP contribution in [0.25, 0.3) is 0 Å². The lowest BCUT2D eigenvalue weighted by molar-refractivity contribution is 0.0737. The molecule has 1 heterocycles. The van der Waals surface area contributed by atoms with Gasteiger partial charge in [-0.2, -0.15) is 0 Å². The SMILES string of the molecule is CCCN(C(=O)c1cccc(=O)[nH]1)C1CC1. The van der Waals surface area contributed by atoms with Crippen LogP contribution in [-0.2, 0) is 0 Å². The van der Waals surface area contributed by atoms with E-state index in [0.29, 0.717) is 11.7 Å². The number of pyridine rings is 1. The van der Waals surface area contributed by atoms with Crippen LogP contribution in [0, 0.1) is 0 Å². The largest absolute Gasteiger partial charge is 0.334 e. The van der Waals surface area contributed by atoms with E-state index in [1.807, 2.05) is 4.90 Å². The summed E-state index contributed by atoms with van der Waals surface area (Å²) in [6.45, 7) is 2.82. The number of aromatic amines is 1. The number of H-pyrrole nitrogens is 1. The first-order valence-electron chi connectivity index (χ1n) is 5.72. The molecule has 0 unspecified atom stereocenters. The molecule has 16 heavy (non-hydrogen) atoms. The van der Waals surface area contributed by atoms with Crippen LogP contribution in [0.15, 0.2) is 23.0 Å². The maximum absolute atomic E-state index is 12.1. The van der Waals surface area contributed by atoms with E-state index in [1.165, 1.54) is 6.07 Å². The molecule has 1 N–H and O–H groups in total. The van der Waals surface area contributed by atoms with Gasteiger partial charge < -0.3 is 9.88 Å². The van der Waals surface area contributed by atoms with E-state index in [0.717, 1.165) is 25.8 Å². The van der Waals surface area contributed by atoms with E-state index in [-0.39, 0.29) is 11.5 Å². The summed E-state index contributed by atoms with van der Waals surface area (Å²) < 4.78 is 0. The van der Waals surface area contributed by atoms with E-state index in [1.54, 1.807) is 12.1 Å². The van der Waals surface area contributed by atoms with Gasteiger partial charge in [-0.15, -0.1) is 0 Å². The molecule has 86 valence electrons. The lowest BCUT2D eigenvalue weighted by Crippen LogP contribution is -2.35. The molecule has 0 radical (unpaired) electrons. The quantitative estimate of drug-likeness (QED) is 0.833. The fourth-order valence-corrected chi connectivity index (χ4v) is 1.80. The monoisotopic (exact) mass is 220 g/mol. The van der Waals surface area contributed by atoms with Crippen LogP contribution in [0.3, 0.4) is 0 Å². The van der Waals surface area contributed by atoms with Crippen molar-refractivity contribution in [2.24, 2.45) is 0 Å². The molecule has 1 aliphatic rings. The third-order valence-corrected chi connectivity index (χ3v) is 2.71. The van der Waals surface area contributed by atoms with Crippen molar-refractivity contribution in [2.75, 3.05) is 6.54 Å². The van der Waals surface area contributed by atoms with Gasteiger partial charge in [0.2, 0.25) is 5.56 Å². The third kappa shape index (κ3) is 2.32. The molecule has 1 saturated carbocycles. The maximum atomic E-state index is 12.1. The zero-order valence-corrected chi connectivity index (χ0v) is 9.40. The summed E-state index contributed by atoms with van der Waals surface area (Å²) >= 11 is 0. The Kier molecular flexibility index (Phi) is 3.08. The zero-order chi connectivity index (χ0) is 11.5. The molecule has 4 nitrogen and oxygen atoms in total. The van der Waals surface area contributed by atoms with Crippen LogP contribution in [0.4, 0.5) is 0 Å². The first kappa shape index (κ1) is 10.9.